The quantitative estimate of drug-likeness (QED) is 0.0632. The van der Waals surface area contributed by atoms with Gasteiger partial charge in [0.2, 0.25) is 23.6 Å². The first-order chi connectivity index (χ1) is 15.0. The standard InChI is InChI=1S/C16H28N8O8/c17-5-10(25)24-9(4-12(27)28)15(32)21-6-11(26)23-8(2-1-3-20-16(18)19)14(31)22-7-13(29)30/h8-9H,1-7,17H2,(H,21,32)(H,22,31)(H,23,26)(H,24,25)(H,27,28)(H,29,30)(H4,18,19,20)/t8-,9+/m0/s1. The average Bonchev–Trinajstić information content (AvgIpc) is 2.71. The summed E-state index contributed by atoms with van der Waals surface area (Å²) in [6.45, 7) is -1.65. The average molecular weight is 460 g/mol. The number of carbonyl (C=O) groups is 6. The van der Waals surface area contributed by atoms with E-state index in [1.54, 1.807) is 0 Å². The monoisotopic (exact) mass is 460 g/mol. The number of nitrogens with two attached hydrogens (primary N) is 3. The number of amides is 4. The molecule has 0 aromatic heterocycles. The van der Waals surface area contributed by atoms with Gasteiger partial charge in [0.25, 0.3) is 0 Å². The van der Waals surface area contributed by atoms with E-state index in [-0.39, 0.29) is 25.3 Å². The fourth-order valence-electron chi connectivity index (χ4n) is 2.23. The van der Waals surface area contributed by atoms with Crippen LogP contribution in [-0.2, 0) is 28.8 Å². The molecule has 32 heavy (non-hydrogen) atoms. The van der Waals surface area contributed by atoms with E-state index in [1.165, 1.54) is 0 Å². The van der Waals surface area contributed by atoms with Crippen molar-refractivity contribution in [1.82, 2.24) is 21.3 Å². The molecule has 0 bridgehead atoms. The molecule has 0 radical (unpaired) electrons. The molecule has 0 aliphatic rings. The van der Waals surface area contributed by atoms with Crippen LogP contribution in [-0.4, -0.2) is 90.0 Å². The van der Waals surface area contributed by atoms with Crippen molar-refractivity contribution in [3.8, 4) is 0 Å². The van der Waals surface area contributed by atoms with Gasteiger partial charge in [-0.05, 0) is 12.8 Å². The van der Waals surface area contributed by atoms with E-state index in [1.807, 2.05) is 0 Å². The van der Waals surface area contributed by atoms with Crippen LogP contribution >= 0.6 is 0 Å². The summed E-state index contributed by atoms with van der Waals surface area (Å²) in [5.41, 5.74) is 15.5. The van der Waals surface area contributed by atoms with Crippen LogP contribution in [0.2, 0.25) is 0 Å². The summed E-state index contributed by atoms with van der Waals surface area (Å²) in [5.74, 6) is -6.16. The Bertz CT molecular complexity index is 738. The fourth-order valence-corrected chi connectivity index (χ4v) is 2.23. The number of hydrogen-bond donors (Lipinski definition) is 9. The van der Waals surface area contributed by atoms with Crippen molar-refractivity contribution in [2.75, 3.05) is 26.2 Å². The highest BCUT2D eigenvalue weighted by atomic mass is 16.4. The number of carbonyl (C=O) groups excluding carboxylic acids is 4. The second kappa shape index (κ2) is 14.9. The lowest BCUT2D eigenvalue weighted by molar-refractivity contribution is -0.140. The summed E-state index contributed by atoms with van der Waals surface area (Å²) in [7, 11) is 0. The zero-order valence-electron chi connectivity index (χ0n) is 17.1. The van der Waals surface area contributed by atoms with Crippen LogP contribution in [0.5, 0.6) is 0 Å². The molecule has 0 fully saturated rings. The normalized spacial score (nSPS) is 11.9. The Hall–Kier alpha value is -3.95. The zero-order valence-corrected chi connectivity index (χ0v) is 17.1. The second-order valence-corrected chi connectivity index (χ2v) is 6.32. The predicted molar refractivity (Wildman–Crippen MR) is 109 cm³/mol. The Morgan fingerprint density at radius 2 is 1.38 bits per heavy atom. The Kier molecular flexibility index (Phi) is 13.1. The third kappa shape index (κ3) is 13.3. The number of aliphatic carboxylic acids is 2. The van der Waals surface area contributed by atoms with E-state index >= 15 is 0 Å². The molecule has 12 N–H and O–H groups in total. The van der Waals surface area contributed by atoms with Crippen LogP contribution in [0.4, 0.5) is 0 Å². The van der Waals surface area contributed by atoms with Gasteiger partial charge in [-0.2, -0.15) is 0 Å². The van der Waals surface area contributed by atoms with Crippen molar-refractivity contribution in [2.24, 2.45) is 22.2 Å². The lowest BCUT2D eigenvalue weighted by Crippen LogP contribution is -2.53. The summed E-state index contributed by atoms with van der Waals surface area (Å²) in [6, 6.07) is -2.62. The molecule has 0 rings (SSSR count). The molecule has 0 spiro atoms. The molecule has 0 saturated carbocycles. The molecule has 2 atom stereocenters. The first-order valence-electron chi connectivity index (χ1n) is 9.29. The Morgan fingerprint density at radius 3 is 1.91 bits per heavy atom. The number of carboxylic acids is 2. The molecule has 0 heterocycles. The Labute approximate surface area is 182 Å². The molecule has 0 saturated heterocycles. The number of guanidine groups is 1. The Morgan fingerprint density at radius 1 is 0.812 bits per heavy atom. The van der Waals surface area contributed by atoms with E-state index in [4.69, 9.17) is 27.4 Å². The minimum absolute atomic E-state index is 0.0517. The van der Waals surface area contributed by atoms with Gasteiger partial charge < -0.3 is 48.7 Å². The van der Waals surface area contributed by atoms with Gasteiger partial charge in [0.15, 0.2) is 5.96 Å². The maximum atomic E-state index is 12.2. The summed E-state index contributed by atoms with van der Waals surface area (Å²) in [4.78, 5) is 73.0. The first kappa shape index (κ1) is 28.1. The largest absolute Gasteiger partial charge is 0.481 e. The lowest BCUT2D eigenvalue weighted by atomic mass is 10.1. The molecule has 0 unspecified atom stereocenters. The summed E-state index contributed by atoms with van der Waals surface area (Å²) in [6.07, 6.45) is -0.429. The van der Waals surface area contributed by atoms with Crippen molar-refractivity contribution in [3.05, 3.63) is 0 Å². The number of nitrogens with zero attached hydrogens (tertiary/aromatic N) is 1. The van der Waals surface area contributed by atoms with Crippen LogP contribution in [0.15, 0.2) is 4.99 Å². The molecule has 4 amide bonds. The number of nitrogens with one attached hydrogen (secondary N) is 4. The van der Waals surface area contributed by atoms with Crippen molar-refractivity contribution < 1.29 is 39.0 Å². The van der Waals surface area contributed by atoms with Gasteiger partial charge in [-0.25, -0.2) is 0 Å². The van der Waals surface area contributed by atoms with Gasteiger partial charge in [-0.3, -0.25) is 33.8 Å². The summed E-state index contributed by atoms with van der Waals surface area (Å²) >= 11 is 0. The van der Waals surface area contributed by atoms with Crippen LogP contribution in [0.25, 0.3) is 0 Å². The number of carboxylic acid groups (broad SMARTS) is 2. The topological polar surface area (TPSA) is 281 Å². The second-order valence-electron chi connectivity index (χ2n) is 6.32. The maximum Gasteiger partial charge on any atom is 0.322 e. The van der Waals surface area contributed by atoms with Gasteiger partial charge >= 0.3 is 11.9 Å². The van der Waals surface area contributed by atoms with E-state index < -0.39 is 73.7 Å². The van der Waals surface area contributed by atoms with E-state index in [0.717, 1.165) is 0 Å². The van der Waals surface area contributed by atoms with Gasteiger partial charge in [0.1, 0.15) is 18.6 Å². The van der Waals surface area contributed by atoms with E-state index in [2.05, 4.69) is 26.3 Å². The third-order valence-corrected chi connectivity index (χ3v) is 3.65. The Balaban J connectivity index is 4.93. The van der Waals surface area contributed by atoms with Crippen molar-refractivity contribution in [2.45, 2.75) is 31.3 Å². The fraction of sp³-hybridized carbons (Fsp3) is 0.562. The molecule has 16 nitrogen and oxygen atoms in total. The van der Waals surface area contributed by atoms with E-state index in [9.17, 15) is 28.8 Å². The molecule has 0 aromatic rings. The SMILES string of the molecule is NCC(=O)N[C@H](CC(=O)O)C(=O)NCC(=O)N[C@@H](CCCN=C(N)N)C(=O)NCC(=O)O. The first-order valence-corrected chi connectivity index (χ1v) is 9.29. The van der Waals surface area contributed by atoms with Gasteiger partial charge in [0, 0.05) is 6.54 Å². The van der Waals surface area contributed by atoms with Crippen LogP contribution in [0, 0.1) is 0 Å². The molecule has 180 valence electrons. The molecule has 0 aliphatic heterocycles. The van der Waals surface area contributed by atoms with Crippen molar-refractivity contribution in [1.29, 1.82) is 0 Å². The molecular formula is C16H28N8O8. The molecule has 16 heteroatoms. The maximum absolute atomic E-state index is 12.2. The third-order valence-electron chi connectivity index (χ3n) is 3.65. The minimum Gasteiger partial charge on any atom is -0.481 e. The van der Waals surface area contributed by atoms with Crippen molar-refractivity contribution in [3.63, 3.8) is 0 Å². The lowest BCUT2D eigenvalue weighted by Gasteiger charge is -2.19. The minimum atomic E-state index is -1.47. The molecule has 0 aromatic carbocycles. The van der Waals surface area contributed by atoms with Crippen molar-refractivity contribution >= 4 is 41.5 Å². The van der Waals surface area contributed by atoms with E-state index in [0.29, 0.717) is 0 Å². The predicted octanol–water partition coefficient (Wildman–Crippen LogP) is -5.24. The molecule has 0 aliphatic carbocycles. The smallest absolute Gasteiger partial charge is 0.322 e. The van der Waals surface area contributed by atoms with Crippen LogP contribution < -0.4 is 38.5 Å². The summed E-state index contributed by atoms with van der Waals surface area (Å²) < 4.78 is 0. The zero-order chi connectivity index (χ0) is 24.7. The molecular weight excluding hydrogens is 432 g/mol. The van der Waals surface area contributed by atoms with Crippen LogP contribution in [0.3, 0.4) is 0 Å². The van der Waals surface area contributed by atoms with Gasteiger partial charge in [0.05, 0.1) is 19.5 Å². The van der Waals surface area contributed by atoms with Crippen LogP contribution in [0.1, 0.15) is 19.3 Å². The number of aliphatic imine (C=N–C) groups is 1. The van der Waals surface area contributed by atoms with Gasteiger partial charge in [-0.15, -0.1) is 0 Å². The highest BCUT2D eigenvalue weighted by Crippen LogP contribution is 1.99. The number of rotatable bonds is 15. The number of hydrogen-bond acceptors (Lipinski definition) is 8. The highest BCUT2D eigenvalue weighted by Gasteiger charge is 2.25. The van der Waals surface area contributed by atoms with Gasteiger partial charge in [-0.1, -0.05) is 0 Å². The summed E-state index contributed by atoms with van der Waals surface area (Å²) in [5, 5.41) is 26.2. The highest BCUT2D eigenvalue weighted by molar-refractivity contribution is 5.94.